The molecule has 1 aromatic carbocycles. The Labute approximate surface area is 142 Å². The van der Waals surface area contributed by atoms with Crippen LogP contribution in [0.2, 0.25) is 0 Å². The van der Waals surface area contributed by atoms with Crippen molar-refractivity contribution < 1.29 is 4.79 Å². The lowest BCUT2D eigenvalue weighted by atomic mass is 9.84. The Bertz CT molecular complexity index is 654. The molecule has 2 atom stereocenters. The Hall–Kier alpha value is -2.24. The second-order valence-electron chi connectivity index (χ2n) is 6.35. The number of nitrogens with zero attached hydrogens (tertiary/aromatic N) is 2. The fourth-order valence-corrected chi connectivity index (χ4v) is 3.34. The lowest BCUT2D eigenvalue weighted by Crippen LogP contribution is -2.47. The number of carbonyl (C=O) groups is 1. The van der Waals surface area contributed by atoms with Gasteiger partial charge < -0.3 is 16.4 Å². The molecule has 2 heterocycles. The quantitative estimate of drug-likeness (QED) is 0.877. The molecule has 3 rings (SSSR count). The van der Waals surface area contributed by atoms with Gasteiger partial charge in [0.15, 0.2) is 5.78 Å². The van der Waals surface area contributed by atoms with Crippen molar-refractivity contribution in [1.29, 1.82) is 0 Å². The summed E-state index contributed by atoms with van der Waals surface area (Å²) < 4.78 is 0. The second kappa shape index (κ2) is 7.55. The largest absolute Gasteiger partial charge is 0.371 e. The fraction of sp³-hybridized carbons (Fsp3) is 0.368. The third-order valence-electron chi connectivity index (χ3n) is 4.87. The number of benzene rings is 1. The van der Waals surface area contributed by atoms with Gasteiger partial charge in [-0.15, -0.1) is 0 Å². The Kier molecular flexibility index (Phi) is 5.23. The molecule has 0 bridgehead atoms. The maximum Gasteiger partial charge on any atom is 0.170 e. The molecule has 1 aromatic heterocycles. The van der Waals surface area contributed by atoms with Crippen LogP contribution in [0, 0.1) is 5.92 Å². The molecule has 1 aliphatic rings. The third-order valence-corrected chi connectivity index (χ3v) is 4.87. The second-order valence-corrected chi connectivity index (χ2v) is 6.35. The molecule has 0 aliphatic carbocycles. The molecule has 2 aromatic rings. The summed E-state index contributed by atoms with van der Waals surface area (Å²) in [5.41, 5.74) is 14.4. The van der Waals surface area contributed by atoms with Crippen LogP contribution in [0.25, 0.3) is 0 Å². The van der Waals surface area contributed by atoms with E-state index in [0.717, 1.165) is 31.5 Å². The number of rotatable bonds is 5. The highest BCUT2D eigenvalue weighted by Crippen LogP contribution is 2.26. The molecule has 0 saturated carbocycles. The number of pyridine rings is 1. The Morgan fingerprint density at radius 1 is 1.04 bits per heavy atom. The first-order valence-corrected chi connectivity index (χ1v) is 8.41. The summed E-state index contributed by atoms with van der Waals surface area (Å²) in [6.07, 6.45) is 5.40. The molecule has 0 spiro atoms. The Morgan fingerprint density at radius 3 is 2.29 bits per heavy atom. The van der Waals surface area contributed by atoms with E-state index >= 15 is 0 Å². The monoisotopic (exact) mass is 324 g/mol. The first-order chi connectivity index (χ1) is 11.7. The van der Waals surface area contributed by atoms with Crippen LogP contribution >= 0.6 is 0 Å². The summed E-state index contributed by atoms with van der Waals surface area (Å²) in [5, 5.41) is 0. The molecule has 5 nitrogen and oxygen atoms in total. The Balaban J connectivity index is 1.58. The molecular weight excluding hydrogens is 300 g/mol. The smallest absolute Gasteiger partial charge is 0.170 e. The Morgan fingerprint density at radius 2 is 1.67 bits per heavy atom. The minimum atomic E-state index is -0.639. The van der Waals surface area contributed by atoms with E-state index in [1.165, 1.54) is 5.69 Å². The van der Waals surface area contributed by atoms with E-state index in [-0.39, 0.29) is 11.7 Å². The predicted octanol–water partition coefficient (Wildman–Crippen LogP) is 1.89. The molecule has 0 amide bonds. The molecule has 1 fully saturated rings. The zero-order valence-corrected chi connectivity index (χ0v) is 13.7. The number of carbonyl (C=O) groups excluding carboxylic acids is 1. The summed E-state index contributed by atoms with van der Waals surface area (Å²) in [6.45, 7) is 1.80. The normalized spacial score (nSPS) is 18.2. The van der Waals surface area contributed by atoms with Crippen LogP contribution in [-0.4, -0.2) is 29.9 Å². The average Bonchev–Trinajstić information content (AvgIpc) is 2.68. The van der Waals surface area contributed by atoms with Crippen LogP contribution in [0.15, 0.2) is 54.9 Å². The van der Waals surface area contributed by atoms with Gasteiger partial charge >= 0.3 is 0 Å². The lowest BCUT2D eigenvalue weighted by Gasteiger charge is -2.36. The van der Waals surface area contributed by atoms with Gasteiger partial charge in [0.1, 0.15) is 0 Å². The SMILES string of the molecule is NC(C(=O)[C@H](N)c1ccccc1)C1CCN(c2ccncc2)CC1. The summed E-state index contributed by atoms with van der Waals surface area (Å²) in [4.78, 5) is 19.0. The molecule has 5 heteroatoms. The molecule has 1 aliphatic heterocycles. The predicted molar refractivity (Wildman–Crippen MR) is 95.5 cm³/mol. The lowest BCUT2D eigenvalue weighted by molar-refractivity contribution is -0.123. The van der Waals surface area contributed by atoms with Crippen molar-refractivity contribution in [1.82, 2.24) is 4.98 Å². The number of hydrogen-bond acceptors (Lipinski definition) is 5. The third kappa shape index (κ3) is 3.63. The van der Waals surface area contributed by atoms with Crippen LogP contribution in [0.1, 0.15) is 24.4 Å². The number of anilines is 1. The van der Waals surface area contributed by atoms with Crippen LogP contribution < -0.4 is 16.4 Å². The highest BCUT2D eigenvalue weighted by Gasteiger charge is 2.31. The van der Waals surface area contributed by atoms with Crippen molar-refractivity contribution in [2.75, 3.05) is 18.0 Å². The molecule has 1 unspecified atom stereocenters. The number of ketones is 1. The minimum absolute atomic E-state index is 0.0661. The molecule has 24 heavy (non-hydrogen) atoms. The first-order valence-electron chi connectivity index (χ1n) is 8.41. The standard InChI is InChI=1S/C19H24N4O/c20-17(14-4-2-1-3-5-14)19(24)18(21)15-8-12-23(13-9-15)16-6-10-22-11-7-16/h1-7,10-11,15,17-18H,8-9,12-13,20-21H2/t17-,18?/m1/s1. The van der Waals surface area contributed by atoms with E-state index in [2.05, 4.69) is 9.88 Å². The van der Waals surface area contributed by atoms with Gasteiger partial charge in [-0.3, -0.25) is 9.78 Å². The van der Waals surface area contributed by atoms with Crippen molar-refractivity contribution in [3.05, 3.63) is 60.4 Å². The van der Waals surface area contributed by atoms with Gasteiger partial charge in [-0.25, -0.2) is 0 Å². The highest BCUT2D eigenvalue weighted by atomic mass is 16.1. The molecule has 126 valence electrons. The van der Waals surface area contributed by atoms with E-state index < -0.39 is 12.1 Å². The van der Waals surface area contributed by atoms with E-state index in [9.17, 15) is 4.79 Å². The van der Waals surface area contributed by atoms with Gasteiger partial charge in [-0.2, -0.15) is 0 Å². The summed E-state index contributed by atoms with van der Waals surface area (Å²) >= 11 is 0. The minimum Gasteiger partial charge on any atom is -0.371 e. The van der Waals surface area contributed by atoms with Crippen molar-refractivity contribution in [3.63, 3.8) is 0 Å². The molecule has 4 N–H and O–H groups in total. The number of Topliss-reactive ketones (excluding diaryl/α,β-unsaturated/α-hetero) is 1. The van der Waals surface area contributed by atoms with E-state index in [1.807, 2.05) is 42.5 Å². The zero-order valence-electron chi connectivity index (χ0n) is 13.7. The maximum absolute atomic E-state index is 12.6. The fourth-order valence-electron chi connectivity index (χ4n) is 3.34. The maximum atomic E-state index is 12.6. The van der Waals surface area contributed by atoms with Crippen LogP contribution in [-0.2, 0) is 4.79 Å². The summed E-state index contributed by atoms with van der Waals surface area (Å²) in [5.74, 6) is 0.119. The topological polar surface area (TPSA) is 85.2 Å². The van der Waals surface area contributed by atoms with Crippen molar-refractivity contribution in [2.24, 2.45) is 17.4 Å². The van der Waals surface area contributed by atoms with Gasteiger partial charge in [0.2, 0.25) is 0 Å². The number of hydrogen-bond donors (Lipinski definition) is 2. The van der Waals surface area contributed by atoms with Gasteiger partial charge in [0.25, 0.3) is 0 Å². The van der Waals surface area contributed by atoms with Crippen molar-refractivity contribution >= 4 is 11.5 Å². The van der Waals surface area contributed by atoms with Crippen molar-refractivity contribution in [2.45, 2.75) is 24.9 Å². The van der Waals surface area contributed by atoms with Gasteiger partial charge in [0, 0.05) is 31.2 Å². The molecular formula is C19H24N4O. The zero-order chi connectivity index (χ0) is 16.9. The van der Waals surface area contributed by atoms with Gasteiger partial charge in [-0.05, 0) is 36.5 Å². The van der Waals surface area contributed by atoms with Crippen LogP contribution in [0.5, 0.6) is 0 Å². The number of piperidine rings is 1. The summed E-state index contributed by atoms with van der Waals surface area (Å²) in [6, 6.07) is 12.3. The number of aromatic nitrogens is 1. The van der Waals surface area contributed by atoms with Crippen LogP contribution in [0.4, 0.5) is 5.69 Å². The molecule has 0 radical (unpaired) electrons. The molecule has 1 saturated heterocycles. The number of nitrogens with two attached hydrogens (primary N) is 2. The first kappa shape index (κ1) is 16.6. The van der Waals surface area contributed by atoms with Crippen LogP contribution in [0.3, 0.4) is 0 Å². The van der Waals surface area contributed by atoms with E-state index in [0.29, 0.717) is 0 Å². The van der Waals surface area contributed by atoms with Crippen molar-refractivity contribution in [3.8, 4) is 0 Å². The van der Waals surface area contributed by atoms with Gasteiger partial charge in [-0.1, -0.05) is 30.3 Å². The average molecular weight is 324 g/mol. The van der Waals surface area contributed by atoms with E-state index in [1.54, 1.807) is 12.4 Å². The van der Waals surface area contributed by atoms with E-state index in [4.69, 9.17) is 11.5 Å². The highest BCUT2D eigenvalue weighted by molar-refractivity contribution is 5.90. The summed E-state index contributed by atoms with van der Waals surface area (Å²) in [7, 11) is 0. The van der Waals surface area contributed by atoms with Gasteiger partial charge in [0.05, 0.1) is 12.1 Å².